The Labute approximate surface area is 119 Å². The molecule has 19 heavy (non-hydrogen) atoms. The molecule has 1 saturated heterocycles. The molecule has 1 aliphatic heterocycles. The van der Waals surface area contributed by atoms with Crippen molar-refractivity contribution in [3.63, 3.8) is 0 Å². The van der Waals surface area contributed by atoms with Crippen LogP contribution in [-0.2, 0) is 0 Å². The molecule has 0 atom stereocenters. The molecule has 1 fully saturated rings. The zero-order valence-electron chi connectivity index (χ0n) is 11.0. The minimum absolute atomic E-state index is 0.174. The Morgan fingerprint density at radius 1 is 1.32 bits per heavy atom. The van der Waals surface area contributed by atoms with Crippen LogP contribution >= 0.6 is 12.2 Å². The number of piperazine rings is 1. The van der Waals surface area contributed by atoms with E-state index in [1.807, 2.05) is 18.2 Å². The molecule has 0 saturated carbocycles. The highest BCUT2D eigenvalue weighted by Crippen LogP contribution is 2.20. The molecule has 0 unspecified atom stereocenters. The molecule has 1 aliphatic rings. The maximum Gasteiger partial charge on any atom is 0.184 e. The number of likely N-dealkylation sites (N-methyl/N-ethyl adjacent to an activating group) is 1. The quantitative estimate of drug-likeness (QED) is 0.481. The summed E-state index contributed by atoms with van der Waals surface area (Å²) in [5.41, 5.74) is 10.2. The standard InChI is InChI=1S/C13H19N5S/c1-17-6-8-18(9-7-17)12-5-3-2-4-11(12)10-15-16-13(14)19/h2-5,10H,6-9H2,1H3,(H3,14,16,19)/b15-10+. The van der Waals surface area contributed by atoms with Crippen LogP contribution in [0.3, 0.4) is 0 Å². The summed E-state index contributed by atoms with van der Waals surface area (Å²) in [6.07, 6.45) is 1.76. The molecule has 0 aliphatic carbocycles. The second kappa shape index (κ2) is 6.49. The Morgan fingerprint density at radius 3 is 2.68 bits per heavy atom. The van der Waals surface area contributed by atoms with Crippen LogP contribution in [0.4, 0.5) is 5.69 Å². The van der Waals surface area contributed by atoms with Crippen LogP contribution in [0.25, 0.3) is 0 Å². The van der Waals surface area contributed by atoms with Crippen LogP contribution in [-0.4, -0.2) is 49.5 Å². The fraction of sp³-hybridized carbons (Fsp3) is 0.385. The predicted octanol–water partition coefficient (Wildman–Crippen LogP) is 0.606. The van der Waals surface area contributed by atoms with Gasteiger partial charge in [-0.25, -0.2) is 0 Å². The van der Waals surface area contributed by atoms with Gasteiger partial charge in [-0.15, -0.1) is 0 Å². The fourth-order valence-corrected chi connectivity index (χ4v) is 2.15. The van der Waals surface area contributed by atoms with Crippen molar-refractivity contribution in [2.75, 3.05) is 38.1 Å². The fourth-order valence-electron chi connectivity index (χ4n) is 2.10. The lowest BCUT2D eigenvalue weighted by Crippen LogP contribution is -2.44. The van der Waals surface area contributed by atoms with Crippen LogP contribution < -0.4 is 16.1 Å². The van der Waals surface area contributed by atoms with Gasteiger partial charge in [-0.1, -0.05) is 18.2 Å². The smallest absolute Gasteiger partial charge is 0.184 e. The van der Waals surface area contributed by atoms with Gasteiger partial charge in [-0.2, -0.15) is 5.10 Å². The minimum Gasteiger partial charge on any atom is -0.375 e. The molecule has 0 bridgehead atoms. The Kier molecular flexibility index (Phi) is 4.70. The summed E-state index contributed by atoms with van der Waals surface area (Å²) in [5.74, 6) is 0. The van der Waals surface area contributed by atoms with Gasteiger partial charge in [0.05, 0.1) is 6.21 Å². The normalized spacial score (nSPS) is 16.8. The van der Waals surface area contributed by atoms with Gasteiger partial charge in [-0.3, -0.25) is 5.43 Å². The number of hydrogen-bond donors (Lipinski definition) is 2. The highest BCUT2D eigenvalue weighted by molar-refractivity contribution is 7.80. The van der Waals surface area contributed by atoms with Crippen molar-refractivity contribution in [2.24, 2.45) is 10.8 Å². The molecule has 1 heterocycles. The molecule has 5 nitrogen and oxygen atoms in total. The summed E-state index contributed by atoms with van der Waals surface area (Å²) >= 11 is 4.72. The average Bonchev–Trinajstić information content (AvgIpc) is 2.40. The number of nitrogens with zero attached hydrogens (tertiary/aromatic N) is 3. The number of rotatable bonds is 3. The third-order valence-corrected chi connectivity index (χ3v) is 3.25. The van der Waals surface area contributed by atoms with Crippen LogP contribution in [0.1, 0.15) is 5.56 Å². The van der Waals surface area contributed by atoms with E-state index in [-0.39, 0.29) is 5.11 Å². The third kappa shape index (κ3) is 3.90. The van der Waals surface area contributed by atoms with Gasteiger partial charge in [0.25, 0.3) is 0 Å². The molecule has 2 rings (SSSR count). The molecule has 3 N–H and O–H groups in total. The molecule has 0 radical (unpaired) electrons. The van der Waals surface area contributed by atoms with Gasteiger partial charge in [0.15, 0.2) is 5.11 Å². The Morgan fingerprint density at radius 2 is 2.00 bits per heavy atom. The molecule has 1 aromatic rings. The number of nitrogens with one attached hydrogen (secondary N) is 1. The molecular formula is C13H19N5S. The van der Waals surface area contributed by atoms with Crippen molar-refractivity contribution in [1.82, 2.24) is 10.3 Å². The van der Waals surface area contributed by atoms with Gasteiger partial charge in [0.2, 0.25) is 0 Å². The van der Waals surface area contributed by atoms with Crippen molar-refractivity contribution in [2.45, 2.75) is 0 Å². The van der Waals surface area contributed by atoms with Gasteiger partial charge in [0.1, 0.15) is 0 Å². The summed E-state index contributed by atoms with van der Waals surface area (Å²) in [6.45, 7) is 4.22. The van der Waals surface area contributed by atoms with Crippen LogP contribution in [0, 0.1) is 0 Å². The maximum absolute atomic E-state index is 5.34. The van der Waals surface area contributed by atoms with Gasteiger partial charge >= 0.3 is 0 Å². The zero-order chi connectivity index (χ0) is 13.7. The predicted molar refractivity (Wildman–Crippen MR) is 83.7 cm³/mol. The van der Waals surface area contributed by atoms with Gasteiger partial charge < -0.3 is 15.5 Å². The lowest BCUT2D eigenvalue weighted by atomic mass is 10.1. The van der Waals surface area contributed by atoms with Crippen molar-refractivity contribution in [3.8, 4) is 0 Å². The number of nitrogens with two attached hydrogens (primary N) is 1. The van der Waals surface area contributed by atoms with E-state index in [1.54, 1.807) is 6.21 Å². The first kappa shape index (κ1) is 13.8. The van der Waals surface area contributed by atoms with Crippen LogP contribution in [0.5, 0.6) is 0 Å². The van der Waals surface area contributed by atoms with E-state index < -0.39 is 0 Å². The van der Waals surface area contributed by atoms with E-state index in [0.717, 1.165) is 31.7 Å². The van der Waals surface area contributed by atoms with Crippen molar-refractivity contribution in [3.05, 3.63) is 29.8 Å². The second-order valence-corrected chi connectivity index (χ2v) is 5.02. The average molecular weight is 277 g/mol. The van der Waals surface area contributed by atoms with E-state index in [1.165, 1.54) is 5.69 Å². The molecule has 0 amide bonds. The minimum atomic E-state index is 0.174. The zero-order valence-corrected chi connectivity index (χ0v) is 11.9. The largest absolute Gasteiger partial charge is 0.375 e. The summed E-state index contributed by atoms with van der Waals surface area (Å²) < 4.78 is 0. The number of hydrogen-bond acceptors (Lipinski definition) is 4. The van der Waals surface area contributed by atoms with Crippen molar-refractivity contribution < 1.29 is 0 Å². The van der Waals surface area contributed by atoms with Gasteiger partial charge in [0, 0.05) is 37.4 Å². The SMILES string of the molecule is CN1CCN(c2ccccc2/C=N/NC(N)=S)CC1. The number of benzene rings is 1. The molecule has 1 aromatic carbocycles. The highest BCUT2D eigenvalue weighted by atomic mass is 32.1. The van der Waals surface area contributed by atoms with Crippen LogP contribution in [0.15, 0.2) is 29.4 Å². The number of hydrazone groups is 1. The summed E-state index contributed by atoms with van der Waals surface area (Å²) in [4.78, 5) is 4.71. The highest BCUT2D eigenvalue weighted by Gasteiger charge is 2.15. The summed E-state index contributed by atoms with van der Waals surface area (Å²) in [5, 5.41) is 4.21. The lowest BCUT2D eigenvalue weighted by molar-refractivity contribution is 0.313. The van der Waals surface area contributed by atoms with E-state index >= 15 is 0 Å². The topological polar surface area (TPSA) is 56.9 Å². The first-order chi connectivity index (χ1) is 9.16. The second-order valence-electron chi connectivity index (χ2n) is 4.58. The molecule has 102 valence electrons. The van der Waals surface area contributed by atoms with E-state index in [0.29, 0.717) is 0 Å². The molecule has 0 spiro atoms. The summed E-state index contributed by atoms with van der Waals surface area (Å²) in [7, 11) is 2.15. The first-order valence-electron chi connectivity index (χ1n) is 6.28. The van der Waals surface area contributed by atoms with E-state index in [4.69, 9.17) is 18.0 Å². The first-order valence-corrected chi connectivity index (χ1v) is 6.68. The number of para-hydroxylation sites is 1. The number of thiocarbonyl (C=S) groups is 1. The van der Waals surface area contributed by atoms with Crippen molar-refractivity contribution in [1.29, 1.82) is 0 Å². The third-order valence-electron chi connectivity index (χ3n) is 3.16. The van der Waals surface area contributed by atoms with Crippen molar-refractivity contribution >= 4 is 29.2 Å². The Hall–Kier alpha value is -1.66. The summed E-state index contributed by atoms with van der Waals surface area (Å²) in [6, 6.07) is 8.21. The number of anilines is 1. The Balaban J connectivity index is 2.12. The molecule has 6 heteroatoms. The Bertz CT molecular complexity index is 466. The molecule has 0 aromatic heterocycles. The monoisotopic (exact) mass is 277 g/mol. The van der Waals surface area contributed by atoms with Crippen LogP contribution in [0.2, 0.25) is 0 Å². The lowest BCUT2D eigenvalue weighted by Gasteiger charge is -2.34. The maximum atomic E-state index is 5.34. The molecular weight excluding hydrogens is 258 g/mol. The van der Waals surface area contributed by atoms with Gasteiger partial charge in [-0.05, 0) is 25.3 Å². The van der Waals surface area contributed by atoms with E-state index in [2.05, 4.69) is 33.4 Å². The van der Waals surface area contributed by atoms with E-state index in [9.17, 15) is 0 Å².